The molecule has 0 fully saturated rings. The molecule has 0 saturated carbocycles. The van der Waals surface area contributed by atoms with E-state index in [4.69, 9.17) is 15.3 Å². The molecular formula is C10H21NO7. The van der Waals surface area contributed by atoms with E-state index in [0.29, 0.717) is 6.54 Å². The molecule has 0 saturated heterocycles. The molecular weight excluding hydrogens is 246 g/mol. The molecule has 0 spiro atoms. The van der Waals surface area contributed by atoms with Gasteiger partial charge in [-0.15, -0.1) is 0 Å². The summed E-state index contributed by atoms with van der Waals surface area (Å²) in [6.45, 7) is 0.797. The SMILES string of the molecule is CCN(CC(=O)O)C[C@@H](O)[C@H](O)[C@@H](O)[C@@H](O)CO. The van der Waals surface area contributed by atoms with Crippen molar-refractivity contribution in [1.29, 1.82) is 0 Å². The lowest BCUT2D eigenvalue weighted by molar-refractivity contribution is -0.140. The summed E-state index contributed by atoms with van der Waals surface area (Å²) in [5.74, 6) is -1.07. The molecule has 0 aromatic carbocycles. The number of rotatable bonds is 9. The second kappa shape index (κ2) is 8.35. The zero-order valence-electron chi connectivity index (χ0n) is 10.2. The largest absolute Gasteiger partial charge is 0.480 e. The predicted molar refractivity (Wildman–Crippen MR) is 60.9 cm³/mol. The molecule has 108 valence electrons. The maximum Gasteiger partial charge on any atom is 0.317 e. The highest BCUT2D eigenvalue weighted by molar-refractivity contribution is 5.69. The first-order chi connectivity index (χ1) is 8.33. The molecule has 8 heteroatoms. The van der Waals surface area contributed by atoms with Crippen molar-refractivity contribution in [2.24, 2.45) is 0 Å². The van der Waals surface area contributed by atoms with Crippen LogP contribution < -0.4 is 0 Å². The Morgan fingerprint density at radius 2 is 1.61 bits per heavy atom. The number of aliphatic hydroxyl groups excluding tert-OH is 5. The number of likely N-dealkylation sites (N-methyl/N-ethyl adjacent to an activating group) is 1. The van der Waals surface area contributed by atoms with Crippen LogP contribution >= 0.6 is 0 Å². The molecule has 8 nitrogen and oxygen atoms in total. The number of carboxylic acids is 1. The van der Waals surface area contributed by atoms with Gasteiger partial charge in [0.05, 0.1) is 19.3 Å². The first kappa shape index (κ1) is 17.2. The molecule has 0 aromatic rings. The van der Waals surface area contributed by atoms with Crippen molar-refractivity contribution in [3.63, 3.8) is 0 Å². The van der Waals surface area contributed by atoms with Gasteiger partial charge in [-0.05, 0) is 6.54 Å². The first-order valence-electron chi connectivity index (χ1n) is 5.60. The molecule has 6 N–H and O–H groups in total. The van der Waals surface area contributed by atoms with Crippen LogP contribution in [0.1, 0.15) is 6.92 Å². The van der Waals surface area contributed by atoms with E-state index in [1.807, 2.05) is 0 Å². The molecule has 0 aliphatic heterocycles. The van der Waals surface area contributed by atoms with Gasteiger partial charge in [-0.25, -0.2) is 0 Å². The van der Waals surface area contributed by atoms with E-state index >= 15 is 0 Å². The lowest BCUT2D eigenvalue weighted by Crippen LogP contribution is -2.50. The lowest BCUT2D eigenvalue weighted by Gasteiger charge is -2.29. The molecule has 0 rings (SSSR count). The third kappa shape index (κ3) is 5.71. The van der Waals surface area contributed by atoms with Crippen molar-refractivity contribution in [3.8, 4) is 0 Å². The van der Waals surface area contributed by atoms with Crippen LogP contribution in [0.2, 0.25) is 0 Å². The molecule has 18 heavy (non-hydrogen) atoms. The Kier molecular flexibility index (Phi) is 8.00. The smallest absolute Gasteiger partial charge is 0.317 e. The van der Waals surface area contributed by atoms with E-state index in [0.717, 1.165) is 0 Å². The molecule has 0 aliphatic rings. The highest BCUT2D eigenvalue weighted by Gasteiger charge is 2.31. The molecule has 0 aliphatic carbocycles. The maximum atomic E-state index is 10.5. The third-order valence-electron chi connectivity index (χ3n) is 2.58. The Labute approximate surface area is 105 Å². The van der Waals surface area contributed by atoms with E-state index in [1.165, 1.54) is 4.90 Å². The highest BCUT2D eigenvalue weighted by atomic mass is 16.4. The summed E-state index contributed by atoms with van der Waals surface area (Å²) in [6, 6.07) is 0. The monoisotopic (exact) mass is 267 g/mol. The molecule has 0 heterocycles. The van der Waals surface area contributed by atoms with Gasteiger partial charge in [0.15, 0.2) is 0 Å². The van der Waals surface area contributed by atoms with Gasteiger partial charge in [-0.3, -0.25) is 9.69 Å². The lowest BCUT2D eigenvalue weighted by atomic mass is 10.0. The summed E-state index contributed by atoms with van der Waals surface area (Å²) in [5.41, 5.74) is 0. The van der Waals surface area contributed by atoms with Gasteiger partial charge in [0.25, 0.3) is 0 Å². The van der Waals surface area contributed by atoms with Crippen molar-refractivity contribution < 1.29 is 35.4 Å². The Hall–Kier alpha value is -0.770. The number of aliphatic carboxylic acids is 1. The van der Waals surface area contributed by atoms with Crippen molar-refractivity contribution in [2.75, 3.05) is 26.2 Å². The van der Waals surface area contributed by atoms with E-state index < -0.39 is 37.0 Å². The fourth-order valence-corrected chi connectivity index (χ4v) is 1.43. The summed E-state index contributed by atoms with van der Waals surface area (Å²) in [4.78, 5) is 11.9. The minimum Gasteiger partial charge on any atom is -0.480 e. The molecule has 4 atom stereocenters. The van der Waals surface area contributed by atoms with Crippen molar-refractivity contribution >= 4 is 5.97 Å². The van der Waals surface area contributed by atoms with Crippen LogP contribution in [-0.4, -0.2) is 92.2 Å². The topological polar surface area (TPSA) is 142 Å². The zero-order valence-corrected chi connectivity index (χ0v) is 10.2. The Bertz CT molecular complexity index is 250. The quantitative estimate of drug-likeness (QED) is 0.257. The van der Waals surface area contributed by atoms with Crippen LogP contribution in [0.4, 0.5) is 0 Å². The van der Waals surface area contributed by atoms with E-state index in [-0.39, 0.29) is 13.1 Å². The number of hydrogen-bond acceptors (Lipinski definition) is 7. The number of carboxylic acid groups (broad SMARTS) is 1. The predicted octanol–water partition coefficient (Wildman–Crippen LogP) is -3.17. The van der Waals surface area contributed by atoms with Crippen LogP contribution in [-0.2, 0) is 4.79 Å². The van der Waals surface area contributed by atoms with Crippen molar-refractivity contribution in [3.05, 3.63) is 0 Å². The fraction of sp³-hybridized carbons (Fsp3) is 0.900. The second-order valence-electron chi connectivity index (χ2n) is 4.02. The number of hydrogen-bond donors (Lipinski definition) is 6. The number of nitrogens with zero attached hydrogens (tertiary/aromatic N) is 1. The third-order valence-corrected chi connectivity index (χ3v) is 2.58. The number of aliphatic hydroxyl groups is 5. The summed E-state index contributed by atoms with van der Waals surface area (Å²) < 4.78 is 0. The minimum atomic E-state index is -1.70. The number of carbonyl (C=O) groups is 1. The van der Waals surface area contributed by atoms with Gasteiger partial charge in [-0.1, -0.05) is 6.92 Å². The zero-order chi connectivity index (χ0) is 14.3. The summed E-state index contributed by atoms with van der Waals surface area (Å²) in [7, 11) is 0. The molecule has 0 unspecified atom stereocenters. The first-order valence-corrected chi connectivity index (χ1v) is 5.60. The van der Waals surface area contributed by atoms with Crippen molar-refractivity contribution in [2.45, 2.75) is 31.3 Å². The summed E-state index contributed by atoms with van der Waals surface area (Å²) in [5, 5.41) is 54.8. The van der Waals surface area contributed by atoms with E-state index in [9.17, 15) is 20.1 Å². The van der Waals surface area contributed by atoms with Crippen LogP contribution in [0.15, 0.2) is 0 Å². The van der Waals surface area contributed by atoms with E-state index in [2.05, 4.69) is 0 Å². The van der Waals surface area contributed by atoms with Gasteiger partial charge >= 0.3 is 5.97 Å². The van der Waals surface area contributed by atoms with Crippen LogP contribution in [0.25, 0.3) is 0 Å². The molecule has 0 amide bonds. The Morgan fingerprint density at radius 3 is 2.00 bits per heavy atom. The summed E-state index contributed by atoms with van der Waals surface area (Å²) >= 11 is 0. The van der Waals surface area contributed by atoms with E-state index in [1.54, 1.807) is 6.92 Å². The average molecular weight is 267 g/mol. The maximum absolute atomic E-state index is 10.5. The fourth-order valence-electron chi connectivity index (χ4n) is 1.43. The minimum absolute atomic E-state index is 0.167. The standard InChI is InChI=1S/C10H21NO7/c1-2-11(4-8(15)16)3-6(13)9(17)10(18)7(14)5-12/h6-7,9-10,12-14,17-18H,2-5H2,1H3,(H,15,16)/t6-,7+,9+,10+/m1/s1. The normalized spacial score (nSPS) is 18.4. The Morgan fingerprint density at radius 1 is 1.11 bits per heavy atom. The van der Waals surface area contributed by atoms with Gasteiger partial charge in [0, 0.05) is 6.54 Å². The van der Waals surface area contributed by atoms with Crippen LogP contribution in [0, 0.1) is 0 Å². The molecule has 0 bridgehead atoms. The second-order valence-corrected chi connectivity index (χ2v) is 4.02. The van der Waals surface area contributed by atoms with Gasteiger partial charge in [0.1, 0.15) is 18.3 Å². The van der Waals surface area contributed by atoms with Crippen LogP contribution in [0.3, 0.4) is 0 Å². The molecule has 0 radical (unpaired) electrons. The van der Waals surface area contributed by atoms with Crippen LogP contribution in [0.5, 0.6) is 0 Å². The Balaban J connectivity index is 4.35. The van der Waals surface area contributed by atoms with Gasteiger partial charge in [-0.2, -0.15) is 0 Å². The summed E-state index contributed by atoms with van der Waals surface area (Å²) in [6.07, 6.45) is -6.37. The highest BCUT2D eigenvalue weighted by Crippen LogP contribution is 2.06. The molecule has 0 aromatic heterocycles. The van der Waals surface area contributed by atoms with Crippen molar-refractivity contribution in [1.82, 2.24) is 4.90 Å². The average Bonchev–Trinajstić information content (AvgIpc) is 2.34. The van der Waals surface area contributed by atoms with Gasteiger partial charge in [0.2, 0.25) is 0 Å². The van der Waals surface area contributed by atoms with Gasteiger partial charge < -0.3 is 30.6 Å².